The maximum Gasteiger partial charge on any atom is 0.212 e. The Morgan fingerprint density at radius 2 is 1.67 bits per heavy atom. The average Bonchev–Trinajstić information content (AvgIpc) is 2.70. The number of fused-ring (bicyclic) bond motifs is 2. The topological polar surface area (TPSA) is 66.9 Å². The van der Waals surface area contributed by atoms with Gasteiger partial charge in [-0.2, -0.15) is 0 Å². The molecule has 1 aliphatic rings. The van der Waals surface area contributed by atoms with E-state index in [1.807, 2.05) is 25.1 Å². The Balaban J connectivity index is 2.17. The maximum absolute atomic E-state index is 13.2. The van der Waals surface area contributed by atoms with Gasteiger partial charge in [0.15, 0.2) is 23.0 Å². The fourth-order valence-corrected chi connectivity index (χ4v) is 3.60. The molecule has 1 aromatic heterocycles. The van der Waals surface area contributed by atoms with Crippen molar-refractivity contribution in [3.8, 4) is 34.1 Å². The SMILES string of the molecule is CCOc1cc2c(cc1OC)C(=O)c1nccc3cc(OC)c(OC)c-2c13. The van der Waals surface area contributed by atoms with Gasteiger partial charge >= 0.3 is 0 Å². The number of hydrogen-bond acceptors (Lipinski definition) is 6. The molecule has 0 saturated heterocycles. The summed E-state index contributed by atoms with van der Waals surface area (Å²) >= 11 is 0. The highest BCUT2D eigenvalue weighted by atomic mass is 16.5. The molecule has 6 heteroatoms. The number of benzene rings is 2. The van der Waals surface area contributed by atoms with Gasteiger partial charge in [-0.15, -0.1) is 0 Å². The Hall–Kier alpha value is -3.28. The summed E-state index contributed by atoms with van der Waals surface area (Å²) in [6.07, 6.45) is 1.63. The molecule has 3 aromatic rings. The lowest BCUT2D eigenvalue weighted by molar-refractivity contribution is 0.103. The predicted molar refractivity (Wildman–Crippen MR) is 101 cm³/mol. The number of ketones is 1. The lowest BCUT2D eigenvalue weighted by Crippen LogP contribution is -2.14. The second-order valence-corrected chi connectivity index (χ2v) is 6.06. The quantitative estimate of drug-likeness (QED) is 0.535. The summed E-state index contributed by atoms with van der Waals surface area (Å²) in [6.45, 7) is 2.37. The van der Waals surface area contributed by atoms with Crippen molar-refractivity contribution < 1.29 is 23.7 Å². The second-order valence-electron chi connectivity index (χ2n) is 6.06. The summed E-state index contributed by atoms with van der Waals surface area (Å²) in [6, 6.07) is 7.23. The largest absolute Gasteiger partial charge is 0.493 e. The molecule has 6 nitrogen and oxygen atoms in total. The van der Waals surface area contributed by atoms with Crippen molar-refractivity contribution in [1.29, 1.82) is 0 Å². The van der Waals surface area contributed by atoms with Gasteiger partial charge in [0.2, 0.25) is 5.78 Å². The van der Waals surface area contributed by atoms with E-state index in [-0.39, 0.29) is 5.78 Å². The van der Waals surface area contributed by atoms with E-state index in [4.69, 9.17) is 18.9 Å². The highest BCUT2D eigenvalue weighted by Crippen LogP contribution is 2.50. The van der Waals surface area contributed by atoms with Crippen molar-refractivity contribution in [1.82, 2.24) is 4.98 Å². The Labute approximate surface area is 156 Å². The van der Waals surface area contributed by atoms with Gasteiger partial charge in [0, 0.05) is 28.3 Å². The smallest absolute Gasteiger partial charge is 0.212 e. The first-order valence-corrected chi connectivity index (χ1v) is 8.58. The van der Waals surface area contributed by atoms with Crippen molar-refractivity contribution in [2.45, 2.75) is 6.92 Å². The third-order valence-corrected chi connectivity index (χ3v) is 4.73. The molecule has 0 bridgehead atoms. The van der Waals surface area contributed by atoms with Crippen LogP contribution in [-0.4, -0.2) is 38.7 Å². The molecule has 27 heavy (non-hydrogen) atoms. The molecule has 0 fully saturated rings. The van der Waals surface area contributed by atoms with Crippen molar-refractivity contribution in [3.63, 3.8) is 0 Å². The minimum Gasteiger partial charge on any atom is -0.493 e. The number of methoxy groups -OCH3 is 3. The van der Waals surface area contributed by atoms with Crippen LogP contribution in [0.15, 0.2) is 30.5 Å². The van der Waals surface area contributed by atoms with Gasteiger partial charge in [0.25, 0.3) is 0 Å². The van der Waals surface area contributed by atoms with Crippen LogP contribution in [0.4, 0.5) is 0 Å². The van der Waals surface area contributed by atoms with Crippen LogP contribution >= 0.6 is 0 Å². The maximum atomic E-state index is 13.2. The summed E-state index contributed by atoms with van der Waals surface area (Å²) in [5.41, 5.74) is 2.37. The van der Waals surface area contributed by atoms with E-state index in [1.165, 1.54) is 0 Å². The Kier molecular flexibility index (Phi) is 4.11. The molecule has 0 atom stereocenters. The van der Waals surface area contributed by atoms with Gasteiger partial charge in [-0.1, -0.05) is 0 Å². The minimum atomic E-state index is -0.156. The van der Waals surface area contributed by atoms with E-state index >= 15 is 0 Å². The third-order valence-electron chi connectivity index (χ3n) is 4.73. The summed E-state index contributed by atoms with van der Waals surface area (Å²) in [7, 11) is 4.72. The number of hydrogen-bond donors (Lipinski definition) is 0. The normalized spacial score (nSPS) is 11.9. The van der Waals surface area contributed by atoms with E-state index in [0.29, 0.717) is 46.4 Å². The van der Waals surface area contributed by atoms with Gasteiger partial charge in [-0.3, -0.25) is 9.78 Å². The molecule has 1 heterocycles. The van der Waals surface area contributed by atoms with Gasteiger partial charge in [0.05, 0.1) is 27.9 Å². The van der Waals surface area contributed by atoms with Crippen LogP contribution in [0.25, 0.3) is 21.9 Å². The average molecular weight is 365 g/mol. The zero-order chi connectivity index (χ0) is 19.1. The number of carbonyl (C=O) groups excluding carboxylic acids is 1. The van der Waals surface area contributed by atoms with Gasteiger partial charge in [-0.25, -0.2) is 0 Å². The minimum absolute atomic E-state index is 0.156. The highest BCUT2D eigenvalue weighted by Gasteiger charge is 2.32. The first-order chi connectivity index (χ1) is 13.1. The van der Waals surface area contributed by atoms with Gasteiger partial charge in [0.1, 0.15) is 5.69 Å². The van der Waals surface area contributed by atoms with E-state index < -0.39 is 0 Å². The lowest BCUT2D eigenvalue weighted by Gasteiger charge is -2.24. The zero-order valence-corrected chi connectivity index (χ0v) is 15.6. The molecule has 0 aliphatic heterocycles. The molecule has 2 aromatic carbocycles. The van der Waals surface area contributed by atoms with E-state index in [0.717, 1.165) is 16.3 Å². The van der Waals surface area contributed by atoms with Crippen LogP contribution in [0.5, 0.6) is 23.0 Å². The van der Waals surface area contributed by atoms with Crippen LogP contribution in [0.2, 0.25) is 0 Å². The molecule has 0 N–H and O–H groups in total. The van der Waals surface area contributed by atoms with Crippen molar-refractivity contribution in [2.24, 2.45) is 0 Å². The second kappa shape index (κ2) is 6.46. The Morgan fingerprint density at radius 3 is 2.33 bits per heavy atom. The lowest BCUT2D eigenvalue weighted by atomic mass is 9.84. The summed E-state index contributed by atoms with van der Waals surface area (Å²) in [5, 5.41) is 1.61. The summed E-state index contributed by atoms with van der Waals surface area (Å²) < 4.78 is 22.3. The molecule has 1 aliphatic carbocycles. The van der Waals surface area contributed by atoms with Crippen LogP contribution < -0.4 is 18.9 Å². The van der Waals surface area contributed by atoms with E-state index in [2.05, 4.69) is 4.98 Å². The van der Waals surface area contributed by atoms with E-state index in [1.54, 1.807) is 33.6 Å². The number of aromatic nitrogens is 1. The zero-order valence-electron chi connectivity index (χ0n) is 15.6. The molecule has 0 spiro atoms. The molecule has 0 radical (unpaired) electrons. The van der Waals surface area contributed by atoms with Gasteiger partial charge < -0.3 is 18.9 Å². The Morgan fingerprint density at radius 1 is 0.926 bits per heavy atom. The van der Waals surface area contributed by atoms with Crippen molar-refractivity contribution in [3.05, 3.63) is 41.7 Å². The molecule has 0 amide bonds. The van der Waals surface area contributed by atoms with E-state index in [9.17, 15) is 4.79 Å². The predicted octanol–water partition coefficient (Wildman–Crippen LogP) is 3.87. The molecule has 138 valence electrons. The van der Waals surface area contributed by atoms with Crippen molar-refractivity contribution >= 4 is 16.6 Å². The molecular formula is C21H19NO5. The highest BCUT2D eigenvalue weighted by molar-refractivity contribution is 6.26. The van der Waals surface area contributed by atoms with Crippen LogP contribution in [0.1, 0.15) is 23.0 Å². The van der Waals surface area contributed by atoms with Crippen LogP contribution in [0.3, 0.4) is 0 Å². The fraction of sp³-hybridized carbons (Fsp3) is 0.238. The number of pyridine rings is 1. The third kappa shape index (κ3) is 2.40. The molecule has 0 unspecified atom stereocenters. The standard InChI is InChI=1S/C21H19NO5/c1-5-27-15-9-12-13(10-14(15)24-2)20(23)19-17-11(6-7-22-19)8-16(25-3)21(26-4)18(12)17/h6-10H,5H2,1-4H3. The Bertz CT molecular complexity index is 1070. The van der Waals surface area contributed by atoms with Crippen LogP contribution in [-0.2, 0) is 0 Å². The monoisotopic (exact) mass is 365 g/mol. The van der Waals surface area contributed by atoms with Crippen molar-refractivity contribution in [2.75, 3.05) is 27.9 Å². The first kappa shape index (κ1) is 17.1. The summed E-state index contributed by atoms with van der Waals surface area (Å²) in [5.74, 6) is 2.06. The first-order valence-electron chi connectivity index (χ1n) is 8.58. The fourth-order valence-electron chi connectivity index (χ4n) is 3.60. The number of ether oxygens (including phenoxy) is 4. The summed E-state index contributed by atoms with van der Waals surface area (Å²) in [4.78, 5) is 17.5. The van der Waals surface area contributed by atoms with Gasteiger partial charge in [-0.05, 0) is 36.6 Å². The molecule has 4 rings (SSSR count). The number of rotatable bonds is 5. The molecular weight excluding hydrogens is 346 g/mol. The number of nitrogens with zero attached hydrogens (tertiary/aromatic N) is 1. The number of carbonyl (C=O) groups is 1. The molecule has 0 saturated carbocycles. The van der Waals surface area contributed by atoms with Crippen LogP contribution in [0, 0.1) is 0 Å².